The van der Waals surface area contributed by atoms with E-state index in [-0.39, 0.29) is 5.82 Å². The number of rotatable bonds is 3. The molecule has 5 heteroatoms. The van der Waals surface area contributed by atoms with Gasteiger partial charge in [0.15, 0.2) is 0 Å². The van der Waals surface area contributed by atoms with Gasteiger partial charge in [-0.3, -0.25) is 4.98 Å². The number of aromatic nitrogens is 1. The van der Waals surface area contributed by atoms with Gasteiger partial charge in [0.25, 0.3) is 0 Å². The first-order chi connectivity index (χ1) is 12.8. The van der Waals surface area contributed by atoms with Crippen LogP contribution < -0.4 is 5.46 Å². The maximum absolute atomic E-state index is 15.2. The zero-order valence-corrected chi connectivity index (χ0v) is 16.1. The second-order valence-corrected chi connectivity index (χ2v) is 8.12. The maximum Gasteiger partial charge on any atom is 0.497 e. The predicted octanol–water partition coefficient (Wildman–Crippen LogP) is 4.26. The van der Waals surface area contributed by atoms with Gasteiger partial charge in [0.1, 0.15) is 5.82 Å². The summed E-state index contributed by atoms with van der Waals surface area (Å²) in [6, 6.07) is 15.7. The molecule has 0 spiro atoms. The van der Waals surface area contributed by atoms with Crippen LogP contribution in [-0.2, 0) is 15.7 Å². The second kappa shape index (κ2) is 6.43. The Bertz CT molecular complexity index is 972. The Morgan fingerprint density at radius 2 is 1.63 bits per heavy atom. The van der Waals surface area contributed by atoms with Gasteiger partial charge in [-0.25, -0.2) is 4.39 Å². The maximum atomic E-state index is 15.2. The van der Waals surface area contributed by atoms with E-state index >= 15 is 4.39 Å². The van der Waals surface area contributed by atoms with Crippen molar-refractivity contribution in [2.24, 2.45) is 0 Å². The highest BCUT2D eigenvalue weighted by molar-refractivity contribution is 6.62. The van der Waals surface area contributed by atoms with Crippen LogP contribution in [0.25, 0.3) is 10.8 Å². The smallest absolute Gasteiger partial charge is 0.399 e. The first-order valence-corrected chi connectivity index (χ1v) is 9.23. The van der Waals surface area contributed by atoms with Crippen LogP contribution in [0.2, 0.25) is 0 Å². The second-order valence-electron chi connectivity index (χ2n) is 8.12. The monoisotopic (exact) mass is 363 g/mol. The quantitative estimate of drug-likeness (QED) is 0.652. The van der Waals surface area contributed by atoms with E-state index in [1.807, 2.05) is 58.0 Å². The zero-order valence-electron chi connectivity index (χ0n) is 16.1. The molecule has 0 aliphatic carbocycles. The Morgan fingerprint density at radius 3 is 2.30 bits per heavy atom. The van der Waals surface area contributed by atoms with Crippen molar-refractivity contribution in [3.8, 4) is 0 Å². The van der Waals surface area contributed by atoms with Crippen molar-refractivity contribution in [1.82, 2.24) is 4.98 Å². The topological polar surface area (TPSA) is 31.4 Å². The molecule has 0 bridgehead atoms. The molecule has 27 heavy (non-hydrogen) atoms. The average molecular weight is 363 g/mol. The van der Waals surface area contributed by atoms with E-state index in [4.69, 9.17) is 9.31 Å². The summed E-state index contributed by atoms with van der Waals surface area (Å²) >= 11 is 0. The minimum Gasteiger partial charge on any atom is -0.399 e. The summed E-state index contributed by atoms with van der Waals surface area (Å²) in [4.78, 5) is 4.47. The van der Waals surface area contributed by atoms with E-state index in [0.29, 0.717) is 10.8 Å². The zero-order chi connectivity index (χ0) is 19.2. The van der Waals surface area contributed by atoms with Crippen LogP contribution in [0.3, 0.4) is 0 Å². The van der Waals surface area contributed by atoms with Crippen LogP contribution in [0.5, 0.6) is 0 Å². The Balaban J connectivity index is 1.66. The van der Waals surface area contributed by atoms with Crippen LogP contribution in [0, 0.1) is 5.82 Å². The molecule has 1 saturated heterocycles. The number of pyridine rings is 1. The molecule has 2 aromatic carbocycles. The predicted molar refractivity (Wildman–Crippen MR) is 107 cm³/mol. The third-order valence-electron chi connectivity index (χ3n) is 5.66. The van der Waals surface area contributed by atoms with Crippen LogP contribution in [0.4, 0.5) is 4.39 Å². The summed E-state index contributed by atoms with van der Waals surface area (Å²) in [5.74, 6) is -0.329. The molecular weight excluding hydrogens is 340 g/mol. The highest BCUT2D eigenvalue weighted by Gasteiger charge is 2.52. The SMILES string of the molecule is CC1(C)OB(c2ccc3cc(Cc4ccccc4)ncc3c2F)OC1(C)C. The lowest BCUT2D eigenvalue weighted by Gasteiger charge is -2.32. The van der Waals surface area contributed by atoms with Crippen molar-refractivity contribution in [2.45, 2.75) is 45.3 Å². The summed E-state index contributed by atoms with van der Waals surface area (Å²) in [5, 5.41) is 1.31. The molecule has 0 amide bonds. The molecule has 1 aromatic heterocycles. The Morgan fingerprint density at radius 1 is 0.963 bits per heavy atom. The molecule has 1 aliphatic rings. The molecule has 0 N–H and O–H groups in total. The Kier molecular flexibility index (Phi) is 4.32. The summed E-state index contributed by atoms with van der Waals surface area (Å²) in [6.45, 7) is 7.85. The van der Waals surface area contributed by atoms with Crippen molar-refractivity contribution in [2.75, 3.05) is 0 Å². The van der Waals surface area contributed by atoms with Gasteiger partial charge in [-0.1, -0.05) is 42.5 Å². The van der Waals surface area contributed by atoms with Gasteiger partial charge in [-0.15, -0.1) is 0 Å². The minimum absolute atomic E-state index is 0.329. The van der Waals surface area contributed by atoms with Gasteiger partial charge in [-0.05, 0) is 44.7 Å². The van der Waals surface area contributed by atoms with E-state index < -0.39 is 18.3 Å². The van der Waals surface area contributed by atoms with Crippen LogP contribution >= 0.6 is 0 Å². The Labute approximate surface area is 159 Å². The number of halogens is 1. The first kappa shape index (κ1) is 18.1. The highest BCUT2D eigenvalue weighted by Crippen LogP contribution is 2.37. The van der Waals surface area contributed by atoms with Gasteiger partial charge in [0.2, 0.25) is 0 Å². The van der Waals surface area contributed by atoms with Crippen molar-refractivity contribution in [3.05, 3.63) is 71.8 Å². The Hall–Kier alpha value is -2.24. The number of fused-ring (bicyclic) bond motifs is 1. The summed E-state index contributed by atoms with van der Waals surface area (Å²) in [6.07, 6.45) is 2.33. The largest absolute Gasteiger partial charge is 0.497 e. The van der Waals surface area contributed by atoms with E-state index in [2.05, 4.69) is 17.1 Å². The van der Waals surface area contributed by atoms with Crippen molar-refractivity contribution in [3.63, 3.8) is 0 Å². The molecule has 138 valence electrons. The van der Waals surface area contributed by atoms with E-state index in [1.54, 1.807) is 12.3 Å². The van der Waals surface area contributed by atoms with Crippen LogP contribution in [0.15, 0.2) is 54.7 Å². The molecule has 0 saturated carbocycles. The molecule has 0 radical (unpaired) electrons. The fraction of sp³-hybridized carbons (Fsp3) is 0.318. The van der Waals surface area contributed by atoms with Crippen LogP contribution in [-0.4, -0.2) is 23.3 Å². The molecule has 1 aliphatic heterocycles. The van der Waals surface area contributed by atoms with Crippen LogP contribution in [0.1, 0.15) is 39.0 Å². The third-order valence-corrected chi connectivity index (χ3v) is 5.66. The lowest BCUT2D eigenvalue weighted by molar-refractivity contribution is 0.00578. The lowest BCUT2D eigenvalue weighted by atomic mass is 9.77. The van der Waals surface area contributed by atoms with Crippen molar-refractivity contribution < 1.29 is 13.7 Å². The lowest BCUT2D eigenvalue weighted by Crippen LogP contribution is -2.41. The minimum atomic E-state index is -0.719. The number of nitrogens with zero attached hydrogens (tertiary/aromatic N) is 1. The van der Waals surface area contributed by atoms with Crippen molar-refractivity contribution in [1.29, 1.82) is 0 Å². The van der Waals surface area contributed by atoms with E-state index in [1.165, 1.54) is 5.56 Å². The third kappa shape index (κ3) is 3.26. The summed E-state index contributed by atoms with van der Waals surface area (Å²) in [5.41, 5.74) is 1.50. The normalized spacial score (nSPS) is 18.2. The molecule has 3 nitrogen and oxygen atoms in total. The summed E-state index contributed by atoms with van der Waals surface area (Å²) < 4.78 is 27.2. The molecular formula is C22H23BFNO2. The van der Waals surface area contributed by atoms with Crippen molar-refractivity contribution >= 4 is 23.4 Å². The van der Waals surface area contributed by atoms with Gasteiger partial charge < -0.3 is 9.31 Å². The average Bonchev–Trinajstić information content (AvgIpc) is 2.83. The number of benzene rings is 2. The van der Waals surface area contributed by atoms with Gasteiger partial charge in [0.05, 0.1) is 11.2 Å². The fourth-order valence-corrected chi connectivity index (χ4v) is 3.30. The van der Waals surface area contributed by atoms with Gasteiger partial charge >= 0.3 is 7.12 Å². The van der Waals surface area contributed by atoms with Gasteiger partial charge in [-0.2, -0.15) is 0 Å². The molecule has 2 heterocycles. The fourth-order valence-electron chi connectivity index (χ4n) is 3.30. The number of hydrogen-bond acceptors (Lipinski definition) is 3. The van der Waals surface area contributed by atoms with E-state index in [9.17, 15) is 0 Å². The highest BCUT2D eigenvalue weighted by atomic mass is 19.1. The first-order valence-electron chi connectivity index (χ1n) is 9.23. The molecule has 3 aromatic rings. The number of hydrogen-bond donors (Lipinski definition) is 0. The molecule has 0 atom stereocenters. The molecule has 0 unspecified atom stereocenters. The standard InChI is InChI=1S/C22H23BFNO2/c1-21(2)22(3,4)27-23(26-21)19-11-10-16-13-17(25-14-18(16)20(19)24)12-15-8-6-5-7-9-15/h5-11,13-14H,12H2,1-4H3. The molecule has 4 rings (SSSR count). The summed E-state index contributed by atoms with van der Waals surface area (Å²) in [7, 11) is -0.719. The van der Waals surface area contributed by atoms with Gasteiger partial charge in [0, 0.05) is 29.2 Å². The molecule has 1 fully saturated rings. The van der Waals surface area contributed by atoms with E-state index in [0.717, 1.165) is 17.5 Å².